The molecule has 0 bridgehead atoms. The Hall–Kier alpha value is -2.93. The number of benzene rings is 2. The van der Waals surface area contributed by atoms with Crippen molar-refractivity contribution in [2.45, 2.75) is 13.0 Å². The molecule has 0 saturated carbocycles. The predicted molar refractivity (Wildman–Crippen MR) is 82.5 cm³/mol. The predicted octanol–water partition coefficient (Wildman–Crippen LogP) is 3.80. The SMILES string of the molecule is N#Cc1ccc(F)c(-c2cnn(CCc3ccccc3)c2)c1. The summed E-state index contributed by atoms with van der Waals surface area (Å²) < 4.78 is 15.7. The Balaban J connectivity index is 1.78. The lowest BCUT2D eigenvalue weighted by Crippen LogP contribution is -2.01. The first kappa shape index (κ1) is 14.0. The first-order valence-corrected chi connectivity index (χ1v) is 7.02. The summed E-state index contributed by atoms with van der Waals surface area (Å²) in [7, 11) is 0. The van der Waals surface area contributed by atoms with Gasteiger partial charge in [0.25, 0.3) is 0 Å². The van der Waals surface area contributed by atoms with Crippen molar-refractivity contribution in [1.29, 1.82) is 5.26 Å². The van der Waals surface area contributed by atoms with Gasteiger partial charge in [0, 0.05) is 23.9 Å². The third kappa shape index (κ3) is 3.04. The van der Waals surface area contributed by atoms with E-state index in [0.717, 1.165) is 13.0 Å². The molecule has 3 rings (SSSR count). The molecule has 0 N–H and O–H groups in total. The highest BCUT2D eigenvalue weighted by molar-refractivity contribution is 5.64. The minimum atomic E-state index is -0.346. The number of rotatable bonds is 4. The molecule has 3 nitrogen and oxygen atoms in total. The molecule has 0 fully saturated rings. The highest BCUT2D eigenvalue weighted by Crippen LogP contribution is 2.23. The Kier molecular flexibility index (Phi) is 3.97. The zero-order valence-electron chi connectivity index (χ0n) is 11.9. The maximum atomic E-state index is 13.9. The standard InChI is InChI=1S/C18H14FN3/c19-18-7-6-15(11-20)10-17(18)16-12-21-22(13-16)9-8-14-4-2-1-3-5-14/h1-7,10,12-13H,8-9H2. The molecule has 0 atom stereocenters. The van der Waals surface area contributed by atoms with Gasteiger partial charge in [-0.3, -0.25) is 4.68 Å². The van der Waals surface area contributed by atoms with Crippen LogP contribution in [-0.4, -0.2) is 9.78 Å². The fourth-order valence-electron chi connectivity index (χ4n) is 2.33. The van der Waals surface area contributed by atoms with Crippen molar-refractivity contribution in [3.63, 3.8) is 0 Å². The van der Waals surface area contributed by atoms with Gasteiger partial charge < -0.3 is 0 Å². The molecule has 2 aromatic carbocycles. The van der Waals surface area contributed by atoms with Crippen LogP contribution in [0.25, 0.3) is 11.1 Å². The summed E-state index contributed by atoms with van der Waals surface area (Å²) in [6.45, 7) is 0.726. The third-order valence-electron chi connectivity index (χ3n) is 3.51. The van der Waals surface area contributed by atoms with Gasteiger partial charge in [-0.1, -0.05) is 30.3 Å². The van der Waals surface area contributed by atoms with E-state index in [1.165, 1.54) is 17.7 Å². The Bertz CT molecular complexity index is 816. The Morgan fingerprint density at radius 1 is 1.14 bits per heavy atom. The van der Waals surface area contributed by atoms with E-state index in [4.69, 9.17) is 5.26 Å². The zero-order chi connectivity index (χ0) is 15.4. The molecule has 4 heteroatoms. The van der Waals surface area contributed by atoms with E-state index in [9.17, 15) is 4.39 Å². The smallest absolute Gasteiger partial charge is 0.131 e. The molecule has 0 amide bonds. The minimum Gasteiger partial charge on any atom is -0.272 e. The maximum absolute atomic E-state index is 13.9. The molecule has 0 radical (unpaired) electrons. The number of hydrogen-bond acceptors (Lipinski definition) is 2. The van der Waals surface area contributed by atoms with Gasteiger partial charge in [0.05, 0.1) is 17.8 Å². The van der Waals surface area contributed by atoms with Crippen molar-refractivity contribution in [2.24, 2.45) is 0 Å². The Labute approximate surface area is 128 Å². The highest BCUT2D eigenvalue weighted by atomic mass is 19.1. The molecule has 1 heterocycles. The second-order valence-electron chi connectivity index (χ2n) is 5.03. The van der Waals surface area contributed by atoms with E-state index < -0.39 is 0 Å². The molecule has 0 aliphatic rings. The van der Waals surface area contributed by atoms with Gasteiger partial charge >= 0.3 is 0 Å². The second kappa shape index (κ2) is 6.23. The van der Waals surface area contributed by atoms with Gasteiger partial charge in [0.15, 0.2) is 0 Å². The van der Waals surface area contributed by atoms with Crippen molar-refractivity contribution >= 4 is 0 Å². The van der Waals surface area contributed by atoms with Crippen molar-refractivity contribution in [3.8, 4) is 17.2 Å². The van der Waals surface area contributed by atoms with Crippen molar-refractivity contribution in [3.05, 3.63) is 77.9 Å². The second-order valence-corrected chi connectivity index (χ2v) is 5.03. The van der Waals surface area contributed by atoms with Crippen LogP contribution in [0.4, 0.5) is 4.39 Å². The minimum absolute atomic E-state index is 0.346. The fourth-order valence-corrected chi connectivity index (χ4v) is 2.33. The van der Waals surface area contributed by atoms with Crippen LogP contribution in [0.5, 0.6) is 0 Å². The number of halogens is 1. The van der Waals surface area contributed by atoms with Crippen LogP contribution in [-0.2, 0) is 13.0 Å². The topological polar surface area (TPSA) is 41.6 Å². The van der Waals surface area contributed by atoms with Crippen LogP contribution in [0.3, 0.4) is 0 Å². The van der Waals surface area contributed by atoms with Crippen LogP contribution in [0.1, 0.15) is 11.1 Å². The fraction of sp³-hybridized carbons (Fsp3) is 0.111. The third-order valence-corrected chi connectivity index (χ3v) is 3.51. The number of nitrogens with zero attached hydrogens (tertiary/aromatic N) is 3. The van der Waals surface area contributed by atoms with E-state index >= 15 is 0 Å². The molecule has 108 valence electrons. The summed E-state index contributed by atoms with van der Waals surface area (Å²) in [5, 5.41) is 13.2. The molecule has 22 heavy (non-hydrogen) atoms. The van der Waals surface area contributed by atoms with Gasteiger partial charge in [-0.05, 0) is 30.2 Å². The molecule has 3 aromatic rings. The highest BCUT2D eigenvalue weighted by Gasteiger charge is 2.09. The molecule has 0 aliphatic heterocycles. The molecule has 0 saturated heterocycles. The normalized spacial score (nSPS) is 10.4. The number of aromatic nitrogens is 2. The first-order valence-electron chi connectivity index (χ1n) is 7.02. The van der Waals surface area contributed by atoms with E-state index in [1.807, 2.05) is 30.5 Å². The average Bonchev–Trinajstić information content (AvgIpc) is 3.03. The van der Waals surface area contributed by atoms with Crippen LogP contribution in [0, 0.1) is 17.1 Å². The van der Waals surface area contributed by atoms with Crippen molar-refractivity contribution in [2.75, 3.05) is 0 Å². The lowest BCUT2D eigenvalue weighted by molar-refractivity contribution is 0.614. The lowest BCUT2D eigenvalue weighted by atomic mass is 10.1. The molecule has 0 spiro atoms. The Morgan fingerprint density at radius 3 is 2.73 bits per heavy atom. The summed E-state index contributed by atoms with van der Waals surface area (Å²) in [6.07, 6.45) is 4.30. The van der Waals surface area contributed by atoms with Gasteiger partial charge in [-0.15, -0.1) is 0 Å². The molecule has 1 aromatic heterocycles. The first-order chi connectivity index (χ1) is 10.8. The van der Waals surface area contributed by atoms with Crippen molar-refractivity contribution in [1.82, 2.24) is 9.78 Å². The van der Waals surface area contributed by atoms with Crippen LogP contribution < -0.4 is 0 Å². The largest absolute Gasteiger partial charge is 0.272 e. The summed E-state index contributed by atoms with van der Waals surface area (Å²) in [6, 6.07) is 16.5. The number of hydrogen-bond donors (Lipinski definition) is 0. The van der Waals surface area contributed by atoms with Gasteiger partial charge in [-0.25, -0.2) is 4.39 Å². The number of aryl methyl sites for hydroxylation is 2. The average molecular weight is 291 g/mol. The monoisotopic (exact) mass is 291 g/mol. The molecule has 0 aliphatic carbocycles. The van der Waals surface area contributed by atoms with E-state index in [2.05, 4.69) is 17.2 Å². The zero-order valence-corrected chi connectivity index (χ0v) is 11.9. The summed E-state index contributed by atoms with van der Waals surface area (Å²) in [4.78, 5) is 0. The molecular weight excluding hydrogens is 277 g/mol. The van der Waals surface area contributed by atoms with E-state index in [-0.39, 0.29) is 5.82 Å². The summed E-state index contributed by atoms with van der Waals surface area (Å²) in [5.74, 6) is -0.346. The van der Waals surface area contributed by atoms with Crippen LogP contribution in [0.2, 0.25) is 0 Å². The van der Waals surface area contributed by atoms with Crippen LogP contribution >= 0.6 is 0 Å². The molecule has 0 unspecified atom stereocenters. The summed E-state index contributed by atoms with van der Waals surface area (Å²) >= 11 is 0. The van der Waals surface area contributed by atoms with Gasteiger partial charge in [0.2, 0.25) is 0 Å². The molecular formula is C18H14FN3. The lowest BCUT2D eigenvalue weighted by Gasteiger charge is -2.02. The van der Waals surface area contributed by atoms with E-state index in [0.29, 0.717) is 16.7 Å². The quantitative estimate of drug-likeness (QED) is 0.733. The van der Waals surface area contributed by atoms with Crippen molar-refractivity contribution < 1.29 is 4.39 Å². The Morgan fingerprint density at radius 2 is 1.95 bits per heavy atom. The van der Waals surface area contributed by atoms with Crippen LogP contribution in [0.15, 0.2) is 60.9 Å². The van der Waals surface area contributed by atoms with Gasteiger partial charge in [-0.2, -0.15) is 10.4 Å². The summed E-state index contributed by atoms with van der Waals surface area (Å²) in [5.41, 5.74) is 2.76. The number of nitriles is 1. The van der Waals surface area contributed by atoms with Gasteiger partial charge in [0.1, 0.15) is 5.82 Å². The van der Waals surface area contributed by atoms with E-state index in [1.54, 1.807) is 16.9 Å². The maximum Gasteiger partial charge on any atom is 0.131 e.